The highest BCUT2D eigenvalue weighted by atomic mass is 35.5. The van der Waals surface area contributed by atoms with Gasteiger partial charge in [0, 0.05) is 22.8 Å². The van der Waals surface area contributed by atoms with Crippen molar-refractivity contribution in [1.82, 2.24) is 4.98 Å². The molecule has 0 aliphatic carbocycles. The zero-order valence-corrected chi connectivity index (χ0v) is 11.1. The van der Waals surface area contributed by atoms with E-state index in [-0.39, 0.29) is 6.04 Å². The number of aryl methyl sites for hydroxylation is 1. The molecule has 1 aromatic carbocycles. The third kappa shape index (κ3) is 2.81. The summed E-state index contributed by atoms with van der Waals surface area (Å²) in [7, 11) is 0. The third-order valence-corrected chi connectivity index (χ3v) is 2.87. The first-order valence-electron chi connectivity index (χ1n) is 5.72. The highest BCUT2D eigenvalue weighted by molar-refractivity contribution is 6.30. The first kappa shape index (κ1) is 12.9. The summed E-state index contributed by atoms with van der Waals surface area (Å²) in [6.07, 6.45) is 1.69. The summed E-state index contributed by atoms with van der Waals surface area (Å²) < 4.78 is 5.81. The molecule has 1 heterocycles. The predicted molar refractivity (Wildman–Crippen MR) is 73.1 cm³/mol. The summed E-state index contributed by atoms with van der Waals surface area (Å²) in [6, 6.07) is 9.11. The maximum Gasteiger partial charge on any atom is 0.223 e. The molecule has 0 aliphatic heterocycles. The van der Waals surface area contributed by atoms with Gasteiger partial charge in [-0.05, 0) is 43.7 Å². The van der Waals surface area contributed by atoms with Crippen molar-refractivity contribution in [3.05, 3.63) is 52.7 Å². The van der Waals surface area contributed by atoms with Crippen LogP contribution < -0.4 is 10.5 Å². The Morgan fingerprint density at radius 3 is 2.78 bits per heavy atom. The van der Waals surface area contributed by atoms with Crippen LogP contribution >= 0.6 is 11.6 Å². The molecule has 0 saturated carbocycles. The molecular formula is C14H15ClN2O. The van der Waals surface area contributed by atoms with E-state index in [0.717, 1.165) is 16.9 Å². The molecular weight excluding hydrogens is 248 g/mol. The first-order chi connectivity index (χ1) is 8.58. The number of pyridine rings is 1. The van der Waals surface area contributed by atoms with E-state index in [1.54, 1.807) is 12.3 Å². The molecule has 0 spiro atoms. The van der Waals surface area contributed by atoms with Gasteiger partial charge in [0.2, 0.25) is 5.88 Å². The summed E-state index contributed by atoms with van der Waals surface area (Å²) in [5.41, 5.74) is 7.73. The zero-order valence-electron chi connectivity index (χ0n) is 10.4. The van der Waals surface area contributed by atoms with Crippen LogP contribution in [0.1, 0.15) is 24.1 Å². The molecule has 1 aromatic heterocycles. The molecule has 0 amide bonds. The van der Waals surface area contributed by atoms with E-state index in [1.807, 2.05) is 38.1 Å². The number of nitrogens with zero attached hydrogens (tertiary/aromatic N) is 1. The van der Waals surface area contributed by atoms with E-state index in [1.165, 1.54) is 0 Å². The van der Waals surface area contributed by atoms with Gasteiger partial charge < -0.3 is 10.5 Å². The Morgan fingerprint density at radius 2 is 2.11 bits per heavy atom. The molecule has 94 valence electrons. The Balaban J connectivity index is 2.34. The SMILES string of the molecule is Cc1cc(Cl)ccc1Oc1ncccc1[C@@H](C)N. The van der Waals surface area contributed by atoms with Crippen LogP contribution in [0.5, 0.6) is 11.6 Å². The number of halogens is 1. The molecule has 0 unspecified atom stereocenters. The van der Waals surface area contributed by atoms with Gasteiger partial charge in [-0.25, -0.2) is 4.98 Å². The minimum atomic E-state index is -0.124. The molecule has 0 saturated heterocycles. The molecule has 0 radical (unpaired) electrons. The van der Waals surface area contributed by atoms with Gasteiger partial charge in [-0.3, -0.25) is 0 Å². The Morgan fingerprint density at radius 1 is 1.33 bits per heavy atom. The fourth-order valence-electron chi connectivity index (χ4n) is 1.67. The van der Waals surface area contributed by atoms with Crippen LogP contribution in [0.4, 0.5) is 0 Å². The van der Waals surface area contributed by atoms with Crippen molar-refractivity contribution in [1.29, 1.82) is 0 Å². The lowest BCUT2D eigenvalue weighted by Crippen LogP contribution is -2.07. The quantitative estimate of drug-likeness (QED) is 0.914. The van der Waals surface area contributed by atoms with Gasteiger partial charge >= 0.3 is 0 Å². The Bertz CT molecular complexity index is 555. The topological polar surface area (TPSA) is 48.1 Å². The predicted octanol–water partition coefficient (Wildman–Crippen LogP) is 3.86. The summed E-state index contributed by atoms with van der Waals surface area (Å²) in [4.78, 5) is 4.22. The lowest BCUT2D eigenvalue weighted by molar-refractivity contribution is 0.449. The molecule has 0 fully saturated rings. The molecule has 4 heteroatoms. The van der Waals surface area contributed by atoms with Crippen LogP contribution in [0.3, 0.4) is 0 Å². The number of aromatic nitrogens is 1. The van der Waals surface area contributed by atoms with E-state index >= 15 is 0 Å². The molecule has 18 heavy (non-hydrogen) atoms. The van der Waals surface area contributed by atoms with Crippen LogP contribution in [0.15, 0.2) is 36.5 Å². The second-order valence-electron chi connectivity index (χ2n) is 4.20. The molecule has 0 aliphatic rings. The fourth-order valence-corrected chi connectivity index (χ4v) is 1.89. The van der Waals surface area contributed by atoms with Gasteiger partial charge in [0.05, 0.1) is 0 Å². The van der Waals surface area contributed by atoms with Crippen molar-refractivity contribution in [2.75, 3.05) is 0 Å². The van der Waals surface area contributed by atoms with Crippen molar-refractivity contribution in [3.8, 4) is 11.6 Å². The van der Waals surface area contributed by atoms with Crippen molar-refractivity contribution in [2.24, 2.45) is 5.73 Å². The van der Waals surface area contributed by atoms with Gasteiger partial charge in [0.25, 0.3) is 0 Å². The molecule has 2 rings (SSSR count). The number of rotatable bonds is 3. The zero-order chi connectivity index (χ0) is 13.1. The second kappa shape index (κ2) is 5.38. The van der Waals surface area contributed by atoms with E-state index in [0.29, 0.717) is 10.9 Å². The summed E-state index contributed by atoms with van der Waals surface area (Å²) >= 11 is 5.91. The summed E-state index contributed by atoms with van der Waals surface area (Å²) in [5, 5.41) is 0.688. The van der Waals surface area contributed by atoms with Crippen LogP contribution in [-0.2, 0) is 0 Å². The largest absolute Gasteiger partial charge is 0.438 e. The molecule has 1 atom stereocenters. The molecule has 2 aromatic rings. The van der Waals surface area contributed by atoms with Gasteiger partial charge in [-0.1, -0.05) is 17.7 Å². The number of hydrogen-bond acceptors (Lipinski definition) is 3. The van der Waals surface area contributed by atoms with Gasteiger partial charge in [-0.15, -0.1) is 0 Å². The summed E-state index contributed by atoms with van der Waals surface area (Å²) in [5.74, 6) is 1.28. The number of hydrogen-bond donors (Lipinski definition) is 1. The average Bonchev–Trinajstić information content (AvgIpc) is 2.33. The number of benzene rings is 1. The minimum Gasteiger partial charge on any atom is -0.438 e. The molecule has 3 nitrogen and oxygen atoms in total. The van der Waals surface area contributed by atoms with Gasteiger partial charge in [-0.2, -0.15) is 0 Å². The Kier molecular flexibility index (Phi) is 3.84. The normalized spacial score (nSPS) is 12.2. The van der Waals surface area contributed by atoms with E-state index in [4.69, 9.17) is 22.1 Å². The van der Waals surface area contributed by atoms with Crippen LogP contribution in [0.25, 0.3) is 0 Å². The van der Waals surface area contributed by atoms with E-state index in [9.17, 15) is 0 Å². The van der Waals surface area contributed by atoms with Crippen molar-refractivity contribution in [2.45, 2.75) is 19.9 Å². The smallest absolute Gasteiger partial charge is 0.223 e. The van der Waals surface area contributed by atoms with E-state index in [2.05, 4.69) is 4.98 Å². The third-order valence-electron chi connectivity index (χ3n) is 2.63. The lowest BCUT2D eigenvalue weighted by Gasteiger charge is -2.13. The van der Waals surface area contributed by atoms with Crippen LogP contribution in [-0.4, -0.2) is 4.98 Å². The second-order valence-corrected chi connectivity index (χ2v) is 4.63. The molecule has 0 bridgehead atoms. The lowest BCUT2D eigenvalue weighted by atomic mass is 10.1. The Hall–Kier alpha value is -1.58. The summed E-state index contributed by atoms with van der Waals surface area (Å²) in [6.45, 7) is 3.84. The van der Waals surface area contributed by atoms with Crippen LogP contribution in [0.2, 0.25) is 5.02 Å². The van der Waals surface area contributed by atoms with Gasteiger partial charge in [0.1, 0.15) is 5.75 Å². The van der Waals surface area contributed by atoms with E-state index < -0.39 is 0 Å². The van der Waals surface area contributed by atoms with Crippen LogP contribution in [0, 0.1) is 6.92 Å². The van der Waals surface area contributed by atoms with Gasteiger partial charge in [0.15, 0.2) is 0 Å². The average molecular weight is 263 g/mol. The Labute approximate surface area is 112 Å². The maximum atomic E-state index is 5.91. The monoisotopic (exact) mass is 262 g/mol. The van der Waals surface area contributed by atoms with Crippen molar-refractivity contribution >= 4 is 11.6 Å². The number of nitrogens with two attached hydrogens (primary N) is 1. The maximum absolute atomic E-state index is 5.91. The molecule has 2 N–H and O–H groups in total. The standard InChI is InChI=1S/C14H15ClN2O/c1-9-8-11(15)5-6-13(9)18-14-12(10(2)16)4-3-7-17-14/h3-8,10H,16H2,1-2H3/t10-/m1/s1. The van der Waals surface area contributed by atoms with Crippen molar-refractivity contribution < 1.29 is 4.74 Å². The highest BCUT2D eigenvalue weighted by Crippen LogP contribution is 2.29. The highest BCUT2D eigenvalue weighted by Gasteiger charge is 2.11. The fraction of sp³-hybridized carbons (Fsp3) is 0.214. The number of ether oxygens (including phenoxy) is 1. The van der Waals surface area contributed by atoms with Crippen molar-refractivity contribution in [3.63, 3.8) is 0 Å². The first-order valence-corrected chi connectivity index (χ1v) is 6.10. The minimum absolute atomic E-state index is 0.124.